The molecule has 0 fully saturated rings. The second-order valence-corrected chi connectivity index (χ2v) is 5.84. The summed E-state index contributed by atoms with van der Waals surface area (Å²) in [5, 5.41) is 4.40. The minimum atomic E-state index is -1.68. The Morgan fingerprint density at radius 3 is 2.48 bits per heavy atom. The first-order chi connectivity index (χ1) is 12.8. The number of carbonyl (C=O) groups excluding carboxylic acids is 2. The number of anilines is 1. The molecule has 0 spiro atoms. The van der Waals surface area contributed by atoms with Crippen molar-refractivity contribution < 1.29 is 27.5 Å². The number of hydrogen-bond donors (Lipinski definition) is 2. The maximum Gasteiger partial charge on any atom is 0.243 e. The molecule has 0 saturated heterocycles. The van der Waals surface area contributed by atoms with Crippen LogP contribution < -0.4 is 15.4 Å². The van der Waals surface area contributed by atoms with Crippen LogP contribution in [-0.4, -0.2) is 25.0 Å². The topological polar surface area (TPSA) is 67.4 Å². The van der Waals surface area contributed by atoms with Gasteiger partial charge in [-0.1, -0.05) is 12.1 Å². The largest absolute Gasteiger partial charge is 0.493 e. The molecular formula is C19H19F3N2O3. The zero-order chi connectivity index (χ0) is 20.0. The van der Waals surface area contributed by atoms with E-state index in [1.54, 1.807) is 6.07 Å². The molecule has 2 aromatic carbocycles. The first-order valence-corrected chi connectivity index (χ1v) is 8.18. The molecule has 27 heavy (non-hydrogen) atoms. The molecule has 0 aromatic heterocycles. The molecule has 0 unspecified atom stereocenters. The van der Waals surface area contributed by atoms with Crippen LogP contribution in [0.4, 0.5) is 18.9 Å². The third-order valence-corrected chi connectivity index (χ3v) is 3.90. The van der Waals surface area contributed by atoms with Crippen molar-refractivity contribution in [3.05, 3.63) is 58.9 Å². The molecular weight excluding hydrogens is 361 g/mol. The zero-order valence-corrected chi connectivity index (χ0v) is 14.9. The summed E-state index contributed by atoms with van der Waals surface area (Å²) >= 11 is 0. The third-order valence-electron chi connectivity index (χ3n) is 3.90. The molecule has 0 radical (unpaired) electrons. The lowest BCUT2D eigenvalue weighted by atomic mass is 10.1. The predicted molar refractivity (Wildman–Crippen MR) is 94.0 cm³/mol. The summed E-state index contributed by atoms with van der Waals surface area (Å²) < 4.78 is 45.0. The van der Waals surface area contributed by atoms with Crippen molar-refractivity contribution in [2.24, 2.45) is 0 Å². The highest BCUT2D eigenvalue weighted by molar-refractivity contribution is 5.94. The van der Waals surface area contributed by atoms with Crippen molar-refractivity contribution in [2.75, 3.05) is 18.5 Å². The Morgan fingerprint density at radius 1 is 1.00 bits per heavy atom. The molecule has 0 heterocycles. The highest BCUT2D eigenvalue weighted by Gasteiger charge is 2.15. The number of amides is 2. The summed E-state index contributed by atoms with van der Waals surface area (Å²) in [4.78, 5) is 23.5. The average Bonchev–Trinajstić information content (AvgIpc) is 2.64. The van der Waals surface area contributed by atoms with Gasteiger partial charge < -0.3 is 15.4 Å². The molecule has 0 bridgehead atoms. The van der Waals surface area contributed by atoms with Gasteiger partial charge in [-0.15, -0.1) is 0 Å². The normalized spacial score (nSPS) is 10.4. The second kappa shape index (κ2) is 9.07. The first-order valence-electron chi connectivity index (χ1n) is 8.18. The van der Waals surface area contributed by atoms with Crippen molar-refractivity contribution in [3.63, 3.8) is 0 Å². The molecule has 2 amide bonds. The molecule has 0 aliphatic rings. The maximum absolute atomic E-state index is 13.5. The van der Waals surface area contributed by atoms with E-state index in [9.17, 15) is 22.8 Å². The summed E-state index contributed by atoms with van der Waals surface area (Å²) in [6.07, 6.45) is 0.0141. The fraction of sp³-hybridized carbons (Fsp3) is 0.263. The Kier molecular flexibility index (Phi) is 6.81. The van der Waals surface area contributed by atoms with Gasteiger partial charge in [0.25, 0.3) is 0 Å². The van der Waals surface area contributed by atoms with Crippen LogP contribution in [0.5, 0.6) is 5.75 Å². The number of halogens is 3. The monoisotopic (exact) mass is 380 g/mol. The van der Waals surface area contributed by atoms with Crippen LogP contribution in [0.3, 0.4) is 0 Å². The summed E-state index contributed by atoms with van der Waals surface area (Å²) in [7, 11) is 0. The van der Waals surface area contributed by atoms with E-state index in [-0.39, 0.29) is 13.0 Å². The van der Waals surface area contributed by atoms with Crippen molar-refractivity contribution in [3.8, 4) is 5.75 Å². The van der Waals surface area contributed by atoms with E-state index in [2.05, 4.69) is 10.6 Å². The fourth-order valence-corrected chi connectivity index (χ4v) is 2.22. The number of rotatable bonds is 7. The Morgan fingerprint density at radius 2 is 1.74 bits per heavy atom. The summed E-state index contributed by atoms with van der Waals surface area (Å²) in [6.45, 7) is 3.53. The van der Waals surface area contributed by atoms with Crippen LogP contribution in [0.25, 0.3) is 0 Å². The third kappa shape index (κ3) is 5.47. The van der Waals surface area contributed by atoms with Crippen molar-refractivity contribution in [1.29, 1.82) is 0 Å². The van der Waals surface area contributed by atoms with Gasteiger partial charge in [-0.3, -0.25) is 9.59 Å². The quantitative estimate of drug-likeness (QED) is 0.725. The highest BCUT2D eigenvalue weighted by atomic mass is 19.2. The number of ether oxygens (including phenoxy) is 1. The zero-order valence-electron chi connectivity index (χ0n) is 14.9. The fourth-order valence-electron chi connectivity index (χ4n) is 2.22. The van der Waals surface area contributed by atoms with Crippen molar-refractivity contribution in [2.45, 2.75) is 20.3 Å². The van der Waals surface area contributed by atoms with E-state index in [0.29, 0.717) is 11.8 Å². The number of benzene rings is 2. The van der Waals surface area contributed by atoms with Crippen LogP contribution in [0.1, 0.15) is 17.5 Å². The summed E-state index contributed by atoms with van der Waals surface area (Å²) in [5.74, 6) is -5.08. The smallest absolute Gasteiger partial charge is 0.243 e. The second-order valence-electron chi connectivity index (χ2n) is 5.84. The van der Waals surface area contributed by atoms with Crippen LogP contribution in [0, 0.1) is 31.3 Å². The van der Waals surface area contributed by atoms with E-state index in [1.165, 1.54) is 0 Å². The van der Waals surface area contributed by atoms with Crippen molar-refractivity contribution >= 4 is 17.5 Å². The summed E-state index contributed by atoms with van der Waals surface area (Å²) in [6, 6.07) is 7.18. The number of nitrogens with one attached hydrogen (secondary N) is 2. The van der Waals surface area contributed by atoms with Gasteiger partial charge in [0.15, 0.2) is 17.5 Å². The molecule has 0 aliphatic heterocycles. The lowest BCUT2D eigenvalue weighted by molar-refractivity contribution is -0.124. The first kappa shape index (κ1) is 20.3. The van der Waals surface area contributed by atoms with Crippen LogP contribution in [-0.2, 0) is 9.59 Å². The van der Waals surface area contributed by atoms with Gasteiger partial charge in [0.2, 0.25) is 11.8 Å². The Bertz CT molecular complexity index is 856. The SMILES string of the molecule is Cc1cccc(OCCC(=O)NCC(=O)Nc2ccc(F)c(F)c2F)c1C. The molecule has 0 aliphatic carbocycles. The van der Waals surface area contributed by atoms with Crippen LogP contribution in [0.15, 0.2) is 30.3 Å². The standard InChI is InChI=1S/C19H19F3N2O3/c1-11-4-3-5-15(12(11)2)27-9-8-16(25)23-10-17(26)24-14-7-6-13(20)18(21)19(14)22/h3-7H,8-10H2,1-2H3,(H,23,25)(H,24,26). The average molecular weight is 380 g/mol. The van der Waals surface area contributed by atoms with Gasteiger partial charge in [0, 0.05) is 0 Å². The molecule has 2 aromatic rings. The van der Waals surface area contributed by atoms with E-state index >= 15 is 0 Å². The molecule has 8 heteroatoms. The van der Waals surface area contributed by atoms with E-state index < -0.39 is 41.5 Å². The molecule has 0 saturated carbocycles. The number of hydrogen-bond acceptors (Lipinski definition) is 3. The predicted octanol–water partition coefficient (Wildman–Crippen LogP) is 3.24. The molecule has 5 nitrogen and oxygen atoms in total. The van der Waals surface area contributed by atoms with Gasteiger partial charge in [-0.2, -0.15) is 0 Å². The van der Waals surface area contributed by atoms with Gasteiger partial charge in [0.1, 0.15) is 5.75 Å². The van der Waals surface area contributed by atoms with Crippen LogP contribution >= 0.6 is 0 Å². The van der Waals surface area contributed by atoms with E-state index in [0.717, 1.165) is 17.2 Å². The lowest BCUT2D eigenvalue weighted by Crippen LogP contribution is -2.33. The van der Waals surface area contributed by atoms with Crippen molar-refractivity contribution in [1.82, 2.24) is 5.32 Å². The molecule has 144 valence electrons. The molecule has 2 rings (SSSR count). The molecule has 0 atom stereocenters. The molecule has 2 N–H and O–H groups in total. The van der Waals surface area contributed by atoms with E-state index in [1.807, 2.05) is 26.0 Å². The minimum absolute atomic E-state index is 0.0141. The maximum atomic E-state index is 13.5. The van der Waals surface area contributed by atoms with Gasteiger partial charge in [0.05, 0.1) is 25.3 Å². The van der Waals surface area contributed by atoms with Gasteiger partial charge in [-0.25, -0.2) is 13.2 Å². The Hall–Kier alpha value is -3.03. The highest BCUT2D eigenvalue weighted by Crippen LogP contribution is 2.21. The number of carbonyl (C=O) groups is 2. The summed E-state index contributed by atoms with van der Waals surface area (Å²) in [5.41, 5.74) is 1.54. The lowest BCUT2D eigenvalue weighted by Gasteiger charge is -2.11. The van der Waals surface area contributed by atoms with E-state index in [4.69, 9.17) is 4.74 Å². The number of aryl methyl sites for hydroxylation is 1. The Balaban J connectivity index is 1.76. The van der Waals surface area contributed by atoms with Crippen LogP contribution in [0.2, 0.25) is 0 Å². The minimum Gasteiger partial charge on any atom is -0.493 e. The van der Waals surface area contributed by atoms with Gasteiger partial charge >= 0.3 is 0 Å². The van der Waals surface area contributed by atoms with Gasteiger partial charge in [-0.05, 0) is 43.2 Å². The Labute approximate surface area is 154 Å².